The van der Waals surface area contributed by atoms with Crippen LogP contribution in [0.5, 0.6) is 0 Å². The van der Waals surface area contributed by atoms with Gasteiger partial charge >= 0.3 is 23.9 Å². The molecule has 0 aromatic heterocycles. The van der Waals surface area contributed by atoms with Crippen molar-refractivity contribution in [1.29, 1.82) is 0 Å². The van der Waals surface area contributed by atoms with Crippen molar-refractivity contribution in [2.45, 2.75) is 90.3 Å². The molecule has 8 atom stereocenters. The molecule has 1 saturated carbocycles. The highest BCUT2D eigenvalue weighted by Crippen LogP contribution is 2.56. The fraction of sp³-hybridized carbons (Fsp3) is 0.692. The lowest BCUT2D eigenvalue weighted by atomic mass is 9.55. The van der Waals surface area contributed by atoms with Gasteiger partial charge in [-0.3, -0.25) is 19.2 Å². The van der Waals surface area contributed by atoms with Gasteiger partial charge in [0.2, 0.25) is 0 Å². The van der Waals surface area contributed by atoms with Gasteiger partial charge in [-0.1, -0.05) is 24.6 Å². The van der Waals surface area contributed by atoms with E-state index in [2.05, 4.69) is 6.58 Å². The Morgan fingerprint density at radius 3 is 2.11 bits per heavy atom. The Kier molecular flexibility index (Phi) is 8.25. The van der Waals surface area contributed by atoms with Gasteiger partial charge in [0.15, 0.2) is 11.7 Å². The van der Waals surface area contributed by atoms with Crippen LogP contribution >= 0.6 is 11.6 Å². The number of alkyl halides is 1. The van der Waals surface area contributed by atoms with Gasteiger partial charge in [-0.15, -0.1) is 11.6 Å². The number of rotatable bonds is 4. The molecule has 9 nitrogen and oxygen atoms in total. The van der Waals surface area contributed by atoms with E-state index in [9.17, 15) is 24.3 Å². The maximum atomic E-state index is 12.8. The van der Waals surface area contributed by atoms with Gasteiger partial charge in [-0.05, 0) is 38.7 Å². The molecule has 1 aliphatic heterocycles. The zero-order valence-electron chi connectivity index (χ0n) is 21.4. The summed E-state index contributed by atoms with van der Waals surface area (Å²) < 4.78 is 23.0. The van der Waals surface area contributed by atoms with Crippen molar-refractivity contribution in [2.75, 3.05) is 5.88 Å². The minimum atomic E-state index is -1.99. The molecule has 0 aromatic rings. The Labute approximate surface area is 216 Å². The Bertz CT molecular complexity index is 974. The molecule has 0 spiro atoms. The maximum Gasteiger partial charge on any atom is 0.312 e. The van der Waals surface area contributed by atoms with Gasteiger partial charge < -0.3 is 24.1 Å². The monoisotopic (exact) mass is 526 g/mol. The molecule has 1 heterocycles. The number of carbonyl (C=O) groups is 4. The van der Waals surface area contributed by atoms with Crippen LogP contribution in [0, 0.1) is 17.3 Å². The van der Waals surface area contributed by atoms with E-state index in [1.165, 1.54) is 27.7 Å². The molecule has 1 unspecified atom stereocenters. The molecule has 3 aliphatic rings. The summed E-state index contributed by atoms with van der Waals surface area (Å²) in [6, 6.07) is 0. The lowest BCUT2D eigenvalue weighted by molar-refractivity contribution is -0.219. The zero-order chi connectivity index (χ0) is 27.0. The second-order valence-electron chi connectivity index (χ2n) is 10.2. The van der Waals surface area contributed by atoms with Crippen LogP contribution in [0.15, 0.2) is 23.8 Å². The number of ether oxygens (including phenoxy) is 4. The third kappa shape index (κ3) is 4.92. The van der Waals surface area contributed by atoms with Crippen LogP contribution in [-0.2, 0) is 38.1 Å². The second-order valence-corrected chi connectivity index (χ2v) is 10.5. The molecule has 2 aliphatic carbocycles. The van der Waals surface area contributed by atoms with Crippen molar-refractivity contribution in [2.24, 2.45) is 17.3 Å². The van der Waals surface area contributed by atoms with Crippen molar-refractivity contribution >= 4 is 35.5 Å². The highest BCUT2D eigenvalue weighted by atomic mass is 35.5. The summed E-state index contributed by atoms with van der Waals surface area (Å²) in [5.74, 6) is -4.26. The summed E-state index contributed by atoms with van der Waals surface area (Å²) in [6.45, 7) is 11.3. The number of hydrogen-bond acceptors (Lipinski definition) is 9. The first-order valence-corrected chi connectivity index (χ1v) is 12.7. The van der Waals surface area contributed by atoms with E-state index in [0.717, 1.165) is 0 Å². The van der Waals surface area contributed by atoms with Crippen molar-refractivity contribution < 1.29 is 43.2 Å². The van der Waals surface area contributed by atoms with Gasteiger partial charge in [0.1, 0.15) is 18.3 Å². The largest absolute Gasteiger partial charge is 0.462 e. The van der Waals surface area contributed by atoms with E-state index in [0.29, 0.717) is 36.8 Å². The van der Waals surface area contributed by atoms with Gasteiger partial charge in [-0.25, -0.2) is 0 Å². The Morgan fingerprint density at radius 1 is 1.08 bits per heavy atom. The molecule has 2 fully saturated rings. The molecule has 0 bridgehead atoms. The summed E-state index contributed by atoms with van der Waals surface area (Å²) in [5.41, 5.74) is -1.90. The van der Waals surface area contributed by atoms with E-state index in [4.69, 9.17) is 30.5 Å². The quantitative estimate of drug-likeness (QED) is 0.254. The van der Waals surface area contributed by atoms with Crippen molar-refractivity contribution in [3.8, 4) is 0 Å². The maximum absolute atomic E-state index is 12.8. The first-order chi connectivity index (χ1) is 16.8. The molecule has 0 aromatic carbocycles. The summed E-state index contributed by atoms with van der Waals surface area (Å²) in [4.78, 5) is 49.6. The highest BCUT2D eigenvalue weighted by molar-refractivity contribution is 6.19. The van der Waals surface area contributed by atoms with Gasteiger partial charge in [0, 0.05) is 32.6 Å². The second kappa shape index (κ2) is 10.5. The average molecular weight is 527 g/mol. The molecule has 36 heavy (non-hydrogen) atoms. The van der Waals surface area contributed by atoms with Crippen LogP contribution in [0.2, 0.25) is 0 Å². The summed E-state index contributed by atoms with van der Waals surface area (Å²) in [5, 5.41) is 12.2. The average Bonchev–Trinajstić information content (AvgIpc) is 2.99. The van der Waals surface area contributed by atoms with Crippen molar-refractivity contribution in [3.05, 3.63) is 23.8 Å². The fourth-order valence-corrected chi connectivity index (χ4v) is 6.34. The first-order valence-electron chi connectivity index (χ1n) is 12.1. The van der Waals surface area contributed by atoms with Crippen LogP contribution in [-0.4, -0.2) is 64.9 Å². The number of carbonyl (C=O) groups excluding carboxylic acids is 4. The third-order valence-electron chi connectivity index (χ3n) is 7.93. The number of hydrogen-bond donors (Lipinski definition) is 1. The minimum absolute atomic E-state index is 0.0732. The smallest absolute Gasteiger partial charge is 0.312 e. The number of aliphatic hydroxyl groups is 1. The topological polar surface area (TPSA) is 125 Å². The van der Waals surface area contributed by atoms with E-state index in [1.54, 1.807) is 13.0 Å². The lowest BCUT2D eigenvalue weighted by Gasteiger charge is -2.55. The van der Waals surface area contributed by atoms with E-state index < -0.39 is 71.1 Å². The van der Waals surface area contributed by atoms with E-state index in [-0.39, 0.29) is 5.88 Å². The van der Waals surface area contributed by atoms with Gasteiger partial charge in [-0.2, -0.15) is 0 Å². The van der Waals surface area contributed by atoms with Crippen LogP contribution in [0.1, 0.15) is 60.3 Å². The number of esters is 4. The molecule has 10 heteroatoms. The summed E-state index contributed by atoms with van der Waals surface area (Å²) in [7, 11) is 0. The van der Waals surface area contributed by atoms with Gasteiger partial charge in [0.05, 0.1) is 11.3 Å². The molecule has 200 valence electrons. The summed E-state index contributed by atoms with van der Waals surface area (Å²) in [6.07, 6.45) is -1.01. The van der Waals surface area contributed by atoms with Crippen molar-refractivity contribution in [1.82, 2.24) is 0 Å². The Hall–Kier alpha value is -2.39. The molecule has 3 rings (SSSR count). The summed E-state index contributed by atoms with van der Waals surface area (Å²) >= 11 is 6.21. The number of allylic oxidation sites excluding steroid dienone is 1. The Balaban J connectivity index is 2.35. The molecule has 1 saturated heterocycles. The normalized spacial score (nSPS) is 40.0. The third-order valence-corrected chi connectivity index (χ3v) is 8.27. The molecule has 0 amide bonds. The van der Waals surface area contributed by atoms with Crippen LogP contribution in [0.25, 0.3) is 0 Å². The molecular weight excluding hydrogens is 492 g/mol. The van der Waals surface area contributed by atoms with E-state index >= 15 is 0 Å². The van der Waals surface area contributed by atoms with Crippen molar-refractivity contribution in [3.63, 3.8) is 0 Å². The lowest BCUT2D eigenvalue weighted by Crippen LogP contribution is -2.65. The first kappa shape index (κ1) is 28.2. The molecular formula is C26H35ClO9. The van der Waals surface area contributed by atoms with Gasteiger partial charge in [0.25, 0.3) is 0 Å². The van der Waals surface area contributed by atoms with Crippen LogP contribution in [0.4, 0.5) is 0 Å². The Morgan fingerprint density at radius 2 is 1.61 bits per heavy atom. The predicted molar refractivity (Wildman–Crippen MR) is 129 cm³/mol. The fourth-order valence-electron chi connectivity index (χ4n) is 6.12. The SMILES string of the molecule is C=C1CC[C@H](OC(C)=O)[C@]2(C)[C@@H](OC(C)=O)CC/C(CCl)=C\[C@@H]3OC(=O)[C@H](C)[C@@]3(O)C(OC(C)=O)[C@@H]12. The van der Waals surface area contributed by atoms with Crippen LogP contribution < -0.4 is 0 Å². The zero-order valence-corrected chi connectivity index (χ0v) is 22.1. The molecule has 1 N–H and O–H groups in total. The van der Waals surface area contributed by atoms with E-state index in [1.807, 2.05) is 0 Å². The molecule has 0 radical (unpaired) electrons. The standard InChI is InChI=1S/C26H35ClO9/c1-13-7-9-19(33-15(3)28)25(6)20(34-16(4)29)10-8-18(12-27)11-21-26(32,14(2)24(31)36-21)23(22(13)25)35-17(5)30/h11,14,19-23,32H,1,7-10,12H2,2-6H3/b18-11+/t14-,19-,20-,21-,22+,23?,25+,26-/m0/s1. The number of fused-ring (bicyclic) bond motifs is 2. The number of halogens is 1. The predicted octanol–water partition coefficient (Wildman–Crippen LogP) is 3.01. The highest BCUT2D eigenvalue weighted by Gasteiger charge is 2.67. The minimum Gasteiger partial charge on any atom is -0.462 e. The van der Waals surface area contributed by atoms with Crippen LogP contribution in [0.3, 0.4) is 0 Å².